The van der Waals surface area contributed by atoms with Gasteiger partial charge in [0.2, 0.25) is 5.91 Å². The first kappa shape index (κ1) is 18.9. The minimum atomic E-state index is -0.756. The van der Waals surface area contributed by atoms with E-state index in [-0.39, 0.29) is 23.8 Å². The van der Waals surface area contributed by atoms with Crippen molar-refractivity contribution in [3.63, 3.8) is 0 Å². The van der Waals surface area contributed by atoms with Gasteiger partial charge in [-0.3, -0.25) is 14.9 Å². The number of fused-ring (bicyclic) bond motifs is 1. The molecule has 0 aromatic heterocycles. The molecule has 0 saturated carbocycles. The molecule has 3 unspecified atom stereocenters. The van der Waals surface area contributed by atoms with Gasteiger partial charge in [0.05, 0.1) is 23.8 Å². The molecule has 3 rings (SSSR count). The summed E-state index contributed by atoms with van der Waals surface area (Å²) >= 11 is 3.20. The molecule has 3 atom stereocenters. The Bertz CT molecular complexity index is 728. The molecule has 2 heterocycles. The summed E-state index contributed by atoms with van der Waals surface area (Å²) in [6, 6.07) is 5.52. The normalized spacial score (nSPS) is 23.7. The topological polar surface area (TPSA) is 96.5 Å². The van der Waals surface area contributed by atoms with Crippen LogP contribution < -0.4 is 16.0 Å². The van der Waals surface area contributed by atoms with Gasteiger partial charge in [0.15, 0.2) is 0 Å². The van der Waals surface area contributed by atoms with Crippen LogP contribution in [-0.4, -0.2) is 41.5 Å². The highest BCUT2D eigenvalue weighted by molar-refractivity contribution is 8.00. The minimum absolute atomic E-state index is 0.0396. The lowest BCUT2D eigenvalue weighted by Gasteiger charge is -2.21. The number of imide groups is 1. The average molecular weight is 396 g/mol. The van der Waals surface area contributed by atoms with Gasteiger partial charge in [0.1, 0.15) is 0 Å². The first-order valence-electron chi connectivity index (χ1n) is 8.40. The number of nitrogens with one attached hydrogen (secondary N) is 3. The van der Waals surface area contributed by atoms with Crippen molar-refractivity contribution in [1.82, 2.24) is 10.6 Å². The molecule has 1 fully saturated rings. The van der Waals surface area contributed by atoms with Gasteiger partial charge in [-0.05, 0) is 36.8 Å². The standard InChI is InChI=1S/C17H21N3O4S2/c1-3-24-17(23)20-15(22)13-9(2)7-25-16(13)19-14(21)10-4-5-12-11(6-10)18-8-26-12/h4-6,9,13,16,18H,3,7-8H2,1-2H3,(H,19,21)(H,20,22,23). The summed E-state index contributed by atoms with van der Waals surface area (Å²) < 4.78 is 4.76. The Balaban J connectivity index is 1.66. The predicted octanol–water partition coefficient (Wildman–Crippen LogP) is 2.49. The number of ether oxygens (including phenoxy) is 1. The van der Waals surface area contributed by atoms with Crippen LogP contribution in [0.4, 0.5) is 10.5 Å². The number of anilines is 1. The number of hydrogen-bond acceptors (Lipinski definition) is 7. The monoisotopic (exact) mass is 395 g/mol. The van der Waals surface area contributed by atoms with Crippen molar-refractivity contribution >= 4 is 47.1 Å². The van der Waals surface area contributed by atoms with Crippen LogP contribution in [0.15, 0.2) is 23.1 Å². The predicted molar refractivity (Wildman–Crippen MR) is 102 cm³/mol. The SMILES string of the molecule is CCOC(=O)NC(=O)C1C(C)CSC1NC(=O)c1ccc2c(c1)NCS2. The van der Waals surface area contributed by atoms with Crippen LogP contribution in [0.2, 0.25) is 0 Å². The maximum absolute atomic E-state index is 12.6. The Kier molecular flexibility index (Phi) is 5.98. The van der Waals surface area contributed by atoms with E-state index in [1.165, 1.54) is 11.8 Å². The van der Waals surface area contributed by atoms with E-state index < -0.39 is 17.9 Å². The van der Waals surface area contributed by atoms with Crippen LogP contribution >= 0.6 is 23.5 Å². The molecule has 2 aliphatic rings. The molecule has 0 bridgehead atoms. The van der Waals surface area contributed by atoms with Crippen molar-refractivity contribution in [1.29, 1.82) is 0 Å². The highest BCUT2D eigenvalue weighted by Crippen LogP contribution is 2.37. The Hall–Kier alpha value is -1.87. The quantitative estimate of drug-likeness (QED) is 0.721. The van der Waals surface area contributed by atoms with E-state index in [2.05, 4.69) is 16.0 Å². The van der Waals surface area contributed by atoms with E-state index in [1.54, 1.807) is 24.8 Å². The van der Waals surface area contributed by atoms with Gasteiger partial charge >= 0.3 is 6.09 Å². The molecular weight excluding hydrogens is 374 g/mol. The fourth-order valence-electron chi connectivity index (χ4n) is 2.98. The molecule has 9 heteroatoms. The van der Waals surface area contributed by atoms with Gasteiger partial charge < -0.3 is 15.4 Å². The van der Waals surface area contributed by atoms with Gasteiger partial charge in [-0.2, -0.15) is 0 Å². The molecule has 0 spiro atoms. The van der Waals surface area contributed by atoms with E-state index in [1.807, 2.05) is 19.1 Å². The number of amides is 3. The van der Waals surface area contributed by atoms with Crippen LogP contribution in [0.1, 0.15) is 24.2 Å². The van der Waals surface area contributed by atoms with Crippen molar-refractivity contribution in [2.75, 3.05) is 23.6 Å². The van der Waals surface area contributed by atoms with Crippen molar-refractivity contribution in [2.24, 2.45) is 11.8 Å². The highest BCUT2D eigenvalue weighted by atomic mass is 32.2. The van der Waals surface area contributed by atoms with Crippen LogP contribution in [0.3, 0.4) is 0 Å². The fourth-order valence-corrected chi connectivity index (χ4v) is 5.32. The third-order valence-electron chi connectivity index (χ3n) is 4.29. The van der Waals surface area contributed by atoms with Gasteiger partial charge in [-0.15, -0.1) is 23.5 Å². The number of alkyl carbamates (subject to hydrolysis) is 1. The Morgan fingerprint density at radius 1 is 1.35 bits per heavy atom. The van der Waals surface area contributed by atoms with Crippen LogP contribution in [-0.2, 0) is 9.53 Å². The molecule has 2 aliphatic heterocycles. The summed E-state index contributed by atoms with van der Waals surface area (Å²) in [5, 5.41) is 8.01. The third kappa shape index (κ3) is 4.09. The summed E-state index contributed by atoms with van der Waals surface area (Å²) in [6.07, 6.45) is -0.756. The summed E-state index contributed by atoms with van der Waals surface area (Å²) in [7, 11) is 0. The van der Waals surface area contributed by atoms with E-state index in [9.17, 15) is 14.4 Å². The van der Waals surface area contributed by atoms with Crippen molar-refractivity contribution in [2.45, 2.75) is 24.1 Å². The average Bonchev–Trinajstić information content (AvgIpc) is 3.20. The van der Waals surface area contributed by atoms with Gasteiger partial charge in [0, 0.05) is 16.1 Å². The molecule has 1 saturated heterocycles. The molecule has 3 N–H and O–H groups in total. The van der Waals surface area contributed by atoms with Crippen molar-refractivity contribution in [3.05, 3.63) is 23.8 Å². The molecule has 0 aliphatic carbocycles. The van der Waals surface area contributed by atoms with Crippen molar-refractivity contribution in [3.8, 4) is 0 Å². The number of thioether (sulfide) groups is 2. The zero-order valence-corrected chi connectivity index (χ0v) is 16.2. The summed E-state index contributed by atoms with van der Waals surface area (Å²) in [4.78, 5) is 37.7. The van der Waals surface area contributed by atoms with E-state index in [0.717, 1.165) is 22.2 Å². The van der Waals surface area contributed by atoms with Gasteiger partial charge in [-0.25, -0.2) is 4.79 Å². The Morgan fingerprint density at radius 3 is 2.92 bits per heavy atom. The smallest absolute Gasteiger partial charge is 0.413 e. The molecule has 26 heavy (non-hydrogen) atoms. The van der Waals surface area contributed by atoms with E-state index in [0.29, 0.717) is 5.56 Å². The maximum Gasteiger partial charge on any atom is 0.413 e. The molecule has 0 radical (unpaired) electrons. The van der Waals surface area contributed by atoms with Crippen LogP contribution in [0.5, 0.6) is 0 Å². The number of hydrogen-bond donors (Lipinski definition) is 3. The number of carbonyl (C=O) groups excluding carboxylic acids is 3. The maximum atomic E-state index is 12.6. The summed E-state index contributed by atoms with van der Waals surface area (Å²) in [5.41, 5.74) is 1.50. The van der Waals surface area contributed by atoms with E-state index in [4.69, 9.17) is 4.74 Å². The Labute approximate surface area is 160 Å². The lowest BCUT2D eigenvalue weighted by atomic mass is 9.94. The first-order valence-corrected chi connectivity index (χ1v) is 10.4. The van der Waals surface area contributed by atoms with Crippen molar-refractivity contribution < 1.29 is 19.1 Å². The van der Waals surface area contributed by atoms with Crippen LogP contribution in [0.25, 0.3) is 0 Å². The molecule has 1 aromatic rings. The summed E-state index contributed by atoms with van der Waals surface area (Å²) in [5.74, 6) is 0.431. The summed E-state index contributed by atoms with van der Waals surface area (Å²) in [6.45, 7) is 3.80. The molecular formula is C17H21N3O4S2. The van der Waals surface area contributed by atoms with Gasteiger partial charge in [-0.1, -0.05) is 6.92 Å². The molecule has 1 aromatic carbocycles. The lowest BCUT2D eigenvalue weighted by Crippen LogP contribution is -2.46. The lowest BCUT2D eigenvalue weighted by molar-refractivity contribution is -0.125. The molecule has 140 valence electrons. The largest absolute Gasteiger partial charge is 0.450 e. The number of carbonyl (C=O) groups is 3. The minimum Gasteiger partial charge on any atom is -0.450 e. The van der Waals surface area contributed by atoms with Gasteiger partial charge in [0.25, 0.3) is 5.91 Å². The Morgan fingerprint density at radius 2 is 2.15 bits per heavy atom. The van der Waals surface area contributed by atoms with E-state index >= 15 is 0 Å². The fraction of sp³-hybridized carbons (Fsp3) is 0.471. The third-order valence-corrected chi connectivity index (χ3v) is 6.73. The second-order valence-corrected chi connectivity index (χ2v) is 8.31. The molecule has 7 nitrogen and oxygen atoms in total. The second kappa shape index (κ2) is 8.22. The highest BCUT2D eigenvalue weighted by Gasteiger charge is 2.41. The second-order valence-electron chi connectivity index (χ2n) is 6.12. The number of benzene rings is 1. The zero-order chi connectivity index (χ0) is 18.7. The first-order chi connectivity index (χ1) is 12.5. The van der Waals surface area contributed by atoms with Crippen LogP contribution in [0, 0.1) is 11.8 Å². The molecule has 3 amide bonds. The number of rotatable bonds is 4. The zero-order valence-electron chi connectivity index (χ0n) is 14.5.